The number of ether oxygens (including phenoxy) is 1. The Bertz CT molecular complexity index is 1540. The van der Waals surface area contributed by atoms with Crippen LogP contribution >= 0.6 is 0 Å². The molecule has 4 heterocycles. The van der Waals surface area contributed by atoms with Crippen LogP contribution in [0.2, 0.25) is 0 Å². The number of halogens is 3. The third kappa shape index (κ3) is 4.41. The van der Waals surface area contributed by atoms with Crippen molar-refractivity contribution in [1.82, 2.24) is 20.1 Å². The second-order valence-electron chi connectivity index (χ2n) is 8.71. The second kappa shape index (κ2) is 8.87. The van der Waals surface area contributed by atoms with Crippen LogP contribution in [-0.2, 0) is 26.7 Å². The number of hydrogen-bond acceptors (Lipinski definition) is 7. The first-order valence-electron chi connectivity index (χ1n) is 11.2. The van der Waals surface area contributed by atoms with Crippen LogP contribution in [-0.4, -0.2) is 53.1 Å². The van der Waals surface area contributed by atoms with Gasteiger partial charge in [0, 0.05) is 24.3 Å². The van der Waals surface area contributed by atoms with Crippen molar-refractivity contribution in [3.63, 3.8) is 0 Å². The molecule has 1 spiro atoms. The molecule has 194 valence electrons. The molecule has 0 fully saturated rings. The number of fused-ring (bicyclic) bond motifs is 3. The lowest BCUT2D eigenvalue weighted by Gasteiger charge is -2.42. The van der Waals surface area contributed by atoms with E-state index in [2.05, 4.69) is 20.7 Å². The molecule has 0 saturated heterocycles. The van der Waals surface area contributed by atoms with E-state index in [9.17, 15) is 31.2 Å². The highest BCUT2D eigenvalue weighted by Gasteiger charge is 2.47. The molecule has 0 unspecified atom stereocenters. The number of carbonyl (C=O) groups excluding carboxylic acids is 2. The molecule has 0 radical (unpaired) electrons. The highest BCUT2D eigenvalue weighted by atomic mass is 32.2. The van der Waals surface area contributed by atoms with Gasteiger partial charge >= 0.3 is 0 Å². The standard InChI is InChI=1S/C23H20F3N5O5S/c1-2-37(34,35)10-17(32)28-20-19(15-4-3-12(24)9-27-15)30-31-11-23(29-22(33)21(20)31)5-6-36-16-8-13(25)7-14(26)18(16)23/h3-4,7-9H,2,5-6,10-11H2,1H3,(H,28,32)(H,29,33)/t23-/m0/s1. The van der Waals surface area contributed by atoms with Gasteiger partial charge in [0.2, 0.25) is 5.91 Å². The van der Waals surface area contributed by atoms with Gasteiger partial charge in [-0.1, -0.05) is 6.92 Å². The van der Waals surface area contributed by atoms with Gasteiger partial charge in [-0.15, -0.1) is 0 Å². The summed E-state index contributed by atoms with van der Waals surface area (Å²) < 4.78 is 72.9. The number of rotatable bonds is 5. The summed E-state index contributed by atoms with van der Waals surface area (Å²) in [6, 6.07) is 4.10. The zero-order chi connectivity index (χ0) is 26.5. The van der Waals surface area contributed by atoms with E-state index in [0.29, 0.717) is 6.07 Å². The SMILES string of the molecule is CCS(=O)(=O)CC(=O)Nc1c(-c2ccc(F)cn2)nn2c1C(=O)N[C@@]1(CCOc3cc(F)cc(F)c31)C2. The van der Waals surface area contributed by atoms with Crippen molar-refractivity contribution < 1.29 is 35.9 Å². The van der Waals surface area contributed by atoms with E-state index in [0.717, 1.165) is 18.3 Å². The van der Waals surface area contributed by atoms with E-state index >= 15 is 0 Å². The largest absolute Gasteiger partial charge is 0.493 e. The highest BCUT2D eigenvalue weighted by Crippen LogP contribution is 2.44. The van der Waals surface area contributed by atoms with Crippen molar-refractivity contribution in [3.05, 3.63) is 59.2 Å². The van der Waals surface area contributed by atoms with Gasteiger partial charge in [0.25, 0.3) is 5.91 Å². The summed E-state index contributed by atoms with van der Waals surface area (Å²) in [5.41, 5.74) is -1.58. The topological polar surface area (TPSA) is 132 Å². The molecule has 1 atom stereocenters. The van der Waals surface area contributed by atoms with Crippen LogP contribution in [0.25, 0.3) is 11.4 Å². The first-order valence-corrected chi connectivity index (χ1v) is 13.0. The minimum absolute atomic E-state index is 0.0173. The van der Waals surface area contributed by atoms with E-state index in [1.165, 1.54) is 17.7 Å². The molecule has 0 bridgehead atoms. The average molecular weight is 536 g/mol. The van der Waals surface area contributed by atoms with Gasteiger partial charge in [-0.25, -0.2) is 21.6 Å². The predicted molar refractivity (Wildman–Crippen MR) is 124 cm³/mol. The molecular formula is C23H20F3N5O5S. The Hall–Kier alpha value is -3.94. The summed E-state index contributed by atoms with van der Waals surface area (Å²) in [6.45, 7) is 1.32. The van der Waals surface area contributed by atoms with Gasteiger partial charge in [0.1, 0.15) is 40.3 Å². The molecule has 1 aromatic carbocycles. The van der Waals surface area contributed by atoms with Gasteiger partial charge in [-0.3, -0.25) is 19.3 Å². The number of hydrogen-bond donors (Lipinski definition) is 2. The Labute approximate surface area is 208 Å². The number of aromatic nitrogens is 3. The normalized spacial score (nSPS) is 18.5. The summed E-state index contributed by atoms with van der Waals surface area (Å²) in [5, 5.41) is 9.61. The molecule has 0 saturated carbocycles. The molecule has 2 aliphatic heterocycles. The fourth-order valence-electron chi connectivity index (χ4n) is 4.54. The van der Waals surface area contributed by atoms with Crippen molar-refractivity contribution in [1.29, 1.82) is 0 Å². The molecule has 10 nitrogen and oxygen atoms in total. The van der Waals surface area contributed by atoms with Gasteiger partial charge < -0.3 is 15.4 Å². The van der Waals surface area contributed by atoms with E-state index in [-0.39, 0.29) is 59.4 Å². The third-order valence-electron chi connectivity index (χ3n) is 6.25. The molecule has 2 aliphatic rings. The monoisotopic (exact) mass is 535 g/mol. The molecule has 2 aromatic heterocycles. The highest BCUT2D eigenvalue weighted by molar-refractivity contribution is 7.92. The first kappa shape index (κ1) is 24.7. The second-order valence-corrected chi connectivity index (χ2v) is 11.1. The van der Waals surface area contributed by atoms with Crippen molar-refractivity contribution in [2.75, 3.05) is 23.4 Å². The number of nitrogens with zero attached hydrogens (tertiary/aromatic N) is 3. The smallest absolute Gasteiger partial charge is 0.272 e. The number of sulfone groups is 1. The number of amides is 2. The van der Waals surface area contributed by atoms with Gasteiger partial charge in [-0.2, -0.15) is 5.10 Å². The minimum atomic E-state index is -3.70. The minimum Gasteiger partial charge on any atom is -0.493 e. The Morgan fingerprint density at radius 1 is 1.24 bits per heavy atom. The summed E-state index contributed by atoms with van der Waals surface area (Å²) in [4.78, 5) is 30.0. The fraction of sp³-hybridized carbons (Fsp3) is 0.304. The van der Waals surface area contributed by atoms with Gasteiger partial charge in [0.15, 0.2) is 15.5 Å². The van der Waals surface area contributed by atoms with Crippen LogP contribution in [0.15, 0.2) is 30.5 Å². The molecular weight excluding hydrogens is 515 g/mol. The van der Waals surface area contributed by atoms with Crippen LogP contribution < -0.4 is 15.4 Å². The number of benzene rings is 1. The van der Waals surface area contributed by atoms with Crippen molar-refractivity contribution in [3.8, 4) is 17.1 Å². The summed E-state index contributed by atoms with van der Waals surface area (Å²) in [6.07, 6.45) is 1.05. The molecule has 2 amide bonds. The van der Waals surface area contributed by atoms with Crippen molar-refractivity contribution >= 4 is 27.3 Å². The van der Waals surface area contributed by atoms with E-state index in [1.807, 2.05) is 0 Å². The van der Waals surface area contributed by atoms with Crippen molar-refractivity contribution in [2.24, 2.45) is 0 Å². The Kier molecular flexibility index (Phi) is 5.93. The van der Waals surface area contributed by atoms with Crippen LogP contribution in [0.4, 0.5) is 18.9 Å². The van der Waals surface area contributed by atoms with Crippen molar-refractivity contribution in [2.45, 2.75) is 25.4 Å². The number of pyridine rings is 1. The summed E-state index contributed by atoms with van der Waals surface area (Å²) >= 11 is 0. The lowest BCUT2D eigenvalue weighted by molar-refractivity contribution is -0.113. The number of anilines is 1. The summed E-state index contributed by atoms with van der Waals surface area (Å²) in [7, 11) is -3.70. The molecule has 14 heteroatoms. The number of carbonyl (C=O) groups is 2. The predicted octanol–water partition coefficient (Wildman–Crippen LogP) is 2.16. The maximum atomic E-state index is 15.0. The Balaban J connectivity index is 1.63. The first-order chi connectivity index (χ1) is 17.5. The zero-order valence-corrected chi connectivity index (χ0v) is 20.2. The van der Waals surface area contributed by atoms with Gasteiger partial charge in [-0.05, 0) is 12.1 Å². The Morgan fingerprint density at radius 2 is 2.03 bits per heavy atom. The quantitative estimate of drug-likeness (QED) is 0.512. The van der Waals surface area contributed by atoms with E-state index in [4.69, 9.17) is 4.74 Å². The molecule has 3 aromatic rings. The zero-order valence-electron chi connectivity index (χ0n) is 19.3. The lowest BCUT2D eigenvalue weighted by atomic mass is 9.82. The maximum Gasteiger partial charge on any atom is 0.272 e. The van der Waals surface area contributed by atoms with Crippen LogP contribution in [0.3, 0.4) is 0 Å². The molecule has 2 N–H and O–H groups in total. The van der Waals surface area contributed by atoms with Gasteiger partial charge in [0.05, 0.1) is 36.1 Å². The molecule has 5 rings (SSSR count). The average Bonchev–Trinajstić information content (AvgIpc) is 3.16. The third-order valence-corrected chi connectivity index (χ3v) is 7.83. The lowest BCUT2D eigenvalue weighted by Crippen LogP contribution is -2.56. The van der Waals surface area contributed by atoms with E-state index < -0.39 is 50.4 Å². The maximum absolute atomic E-state index is 15.0. The summed E-state index contributed by atoms with van der Waals surface area (Å²) in [5.74, 6) is -5.21. The van der Waals surface area contributed by atoms with Crippen LogP contribution in [0.1, 0.15) is 29.4 Å². The van der Waals surface area contributed by atoms with E-state index in [1.54, 1.807) is 0 Å². The number of nitrogens with one attached hydrogen (secondary N) is 2. The molecule has 0 aliphatic carbocycles. The Morgan fingerprint density at radius 3 is 2.73 bits per heavy atom. The van der Waals surface area contributed by atoms with Crippen LogP contribution in [0.5, 0.6) is 5.75 Å². The molecule has 37 heavy (non-hydrogen) atoms. The van der Waals surface area contributed by atoms with Crippen LogP contribution in [0, 0.1) is 17.5 Å². The fourth-order valence-corrected chi connectivity index (χ4v) is 5.22.